The molecular weight excluding hydrogens is 386 g/mol. The molecule has 0 atom stereocenters. The van der Waals surface area contributed by atoms with Crippen molar-refractivity contribution in [3.63, 3.8) is 0 Å². The molecule has 0 radical (unpaired) electrons. The number of benzene rings is 1. The molecular formula is C18H21N3O4S2. The average molecular weight is 408 g/mol. The summed E-state index contributed by atoms with van der Waals surface area (Å²) in [5, 5.41) is 11.7. The smallest absolute Gasteiger partial charge is 0.258 e. The molecule has 0 aliphatic carbocycles. The zero-order valence-corrected chi connectivity index (χ0v) is 16.6. The van der Waals surface area contributed by atoms with Gasteiger partial charge in [0.2, 0.25) is 10.0 Å². The van der Waals surface area contributed by atoms with Crippen LogP contribution in [0.3, 0.4) is 0 Å². The number of aromatic nitrogens is 1. The molecule has 0 N–H and O–H groups in total. The maximum absolute atomic E-state index is 12.6. The number of rotatable bonds is 6. The van der Waals surface area contributed by atoms with E-state index in [4.69, 9.17) is 0 Å². The zero-order chi connectivity index (χ0) is 19.4. The number of nitro benzene ring substituents is 1. The van der Waals surface area contributed by atoms with E-state index in [-0.39, 0.29) is 15.5 Å². The number of sulfonamides is 1. The van der Waals surface area contributed by atoms with Crippen LogP contribution in [-0.2, 0) is 15.8 Å². The number of nitrogens with zero attached hydrogens (tertiary/aromatic N) is 3. The molecule has 1 aromatic carbocycles. The van der Waals surface area contributed by atoms with Crippen LogP contribution in [0.25, 0.3) is 0 Å². The maximum Gasteiger partial charge on any atom is 0.272 e. The van der Waals surface area contributed by atoms with Crippen LogP contribution in [0, 0.1) is 17.0 Å². The molecule has 0 amide bonds. The third-order valence-electron chi connectivity index (χ3n) is 4.65. The molecule has 1 aliphatic heterocycles. The lowest BCUT2D eigenvalue weighted by Crippen LogP contribution is -2.35. The molecule has 9 heteroatoms. The van der Waals surface area contributed by atoms with Gasteiger partial charge < -0.3 is 0 Å². The van der Waals surface area contributed by atoms with Crippen LogP contribution in [0.4, 0.5) is 5.69 Å². The van der Waals surface area contributed by atoms with Crippen molar-refractivity contribution in [3.8, 4) is 0 Å². The number of pyridine rings is 1. The van der Waals surface area contributed by atoms with Crippen LogP contribution >= 0.6 is 11.8 Å². The normalized spacial score (nSPS) is 15.6. The van der Waals surface area contributed by atoms with Gasteiger partial charge in [-0.3, -0.25) is 10.1 Å². The molecule has 0 unspecified atom stereocenters. The van der Waals surface area contributed by atoms with Crippen molar-refractivity contribution >= 4 is 27.5 Å². The Labute approximate surface area is 163 Å². The van der Waals surface area contributed by atoms with Gasteiger partial charge in [0.25, 0.3) is 5.69 Å². The molecule has 2 heterocycles. The standard InChI is InChI=1S/C18H21N3O4S2/c1-14-15(6-5-7-17(14)21(22)23)13-26-18-9-8-16(12-19-18)27(24,25)20-10-3-2-4-11-20/h5-9,12H,2-4,10-11,13H2,1H3. The molecule has 3 rings (SSSR count). The first-order valence-electron chi connectivity index (χ1n) is 8.71. The minimum atomic E-state index is -3.48. The van der Waals surface area contributed by atoms with Gasteiger partial charge in [0.15, 0.2) is 0 Å². The van der Waals surface area contributed by atoms with Gasteiger partial charge in [-0.1, -0.05) is 18.6 Å². The van der Waals surface area contributed by atoms with Crippen LogP contribution < -0.4 is 0 Å². The van der Waals surface area contributed by atoms with E-state index in [0.29, 0.717) is 29.4 Å². The van der Waals surface area contributed by atoms with Crippen LogP contribution in [0.5, 0.6) is 0 Å². The molecule has 1 aliphatic rings. The summed E-state index contributed by atoms with van der Waals surface area (Å²) in [5.74, 6) is 0.527. The highest BCUT2D eigenvalue weighted by Gasteiger charge is 2.26. The largest absolute Gasteiger partial charge is 0.272 e. The van der Waals surface area contributed by atoms with Gasteiger partial charge >= 0.3 is 0 Å². The van der Waals surface area contributed by atoms with Gasteiger partial charge in [-0.2, -0.15) is 4.31 Å². The molecule has 27 heavy (non-hydrogen) atoms. The second kappa shape index (κ2) is 8.37. The lowest BCUT2D eigenvalue weighted by atomic mass is 10.1. The monoisotopic (exact) mass is 407 g/mol. The number of piperidine rings is 1. The molecule has 1 fully saturated rings. The molecule has 1 aromatic heterocycles. The van der Waals surface area contributed by atoms with Gasteiger partial charge in [0.1, 0.15) is 4.90 Å². The minimum absolute atomic E-state index is 0.101. The first kappa shape index (κ1) is 19.8. The number of hydrogen-bond donors (Lipinski definition) is 0. The lowest BCUT2D eigenvalue weighted by molar-refractivity contribution is -0.385. The van der Waals surface area contributed by atoms with E-state index in [1.165, 1.54) is 28.3 Å². The van der Waals surface area contributed by atoms with E-state index in [0.717, 1.165) is 24.8 Å². The fourth-order valence-electron chi connectivity index (χ4n) is 3.03. The highest BCUT2D eigenvalue weighted by atomic mass is 32.2. The Bertz CT molecular complexity index is 924. The van der Waals surface area contributed by atoms with E-state index in [9.17, 15) is 18.5 Å². The summed E-state index contributed by atoms with van der Waals surface area (Å²) in [6.45, 7) is 2.85. The van der Waals surface area contributed by atoms with Gasteiger partial charge in [-0.25, -0.2) is 13.4 Å². The summed E-state index contributed by atoms with van der Waals surface area (Å²) in [5.41, 5.74) is 1.60. The maximum atomic E-state index is 12.6. The number of nitro groups is 1. The van der Waals surface area contributed by atoms with Crippen molar-refractivity contribution in [1.82, 2.24) is 9.29 Å². The fraction of sp³-hybridized carbons (Fsp3) is 0.389. The third kappa shape index (κ3) is 4.48. The quantitative estimate of drug-likeness (QED) is 0.411. The Morgan fingerprint density at radius 3 is 2.56 bits per heavy atom. The average Bonchev–Trinajstić information content (AvgIpc) is 2.68. The summed E-state index contributed by atoms with van der Waals surface area (Å²) in [6, 6.07) is 8.28. The molecule has 1 saturated heterocycles. The van der Waals surface area contributed by atoms with Crippen molar-refractivity contribution in [1.29, 1.82) is 0 Å². The van der Waals surface area contributed by atoms with Crippen LogP contribution in [-0.4, -0.2) is 35.7 Å². The van der Waals surface area contributed by atoms with Crippen LogP contribution in [0.15, 0.2) is 46.5 Å². The lowest BCUT2D eigenvalue weighted by Gasteiger charge is -2.25. The fourth-order valence-corrected chi connectivity index (χ4v) is 5.41. The summed E-state index contributed by atoms with van der Waals surface area (Å²) in [4.78, 5) is 15.1. The van der Waals surface area contributed by atoms with Crippen LogP contribution in [0.1, 0.15) is 30.4 Å². The van der Waals surface area contributed by atoms with Crippen molar-refractivity contribution < 1.29 is 13.3 Å². The van der Waals surface area contributed by atoms with Crippen molar-refractivity contribution in [3.05, 3.63) is 57.8 Å². The third-order valence-corrected chi connectivity index (χ3v) is 7.53. The van der Waals surface area contributed by atoms with E-state index in [1.54, 1.807) is 25.1 Å². The summed E-state index contributed by atoms with van der Waals surface area (Å²) in [7, 11) is -3.48. The van der Waals surface area contributed by atoms with Gasteiger partial charge in [-0.05, 0) is 37.5 Å². The highest BCUT2D eigenvalue weighted by molar-refractivity contribution is 7.98. The second-order valence-electron chi connectivity index (χ2n) is 6.40. The minimum Gasteiger partial charge on any atom is -0.258 e. The summed E-state index contributed by atoms with van der Waals surface area (Å²) in [6.07, 6.45) is 4.25. The Morgan fingerprint density at radius 2 is 1.93 bits per heavy atom. The Balaban J connectivity index is 1.70. The molecule has 2 aromatic rings. The van der Waals surface area contributed by atoms with E-state index >= 15 is 0 Å². The molecule has 144 valence electrons. The molecule has 0 spiro atoms. The predicted molar refractivity (Wildman–Crippen MR) is 104 cm³/mol. The first-order chi connectivity index (χ1) is 12.9. The SMILES string of the molecule is Cc1c(CSc2ccc(S(=O)(=O)N3CCCCC3)cn2)cccc1[N+](=O)[O-]. The van der Waals surface area contributed by atoms with E-state index in [1.807, 2.05) is 6.07 Å². The summed E-state index contributed by atoms with van der Waals surface area (Å²) >= 11 is 1.42. The van der Waals surface area contributed by atoms with Crippen molar-refractivity contribution in [2.24, 2.45) is 0 Å². The van der Waals surface area contributed by atoms with Gasteiger partial charge in [0, 0.05) is 36.7 Å². The van der Waals surface area contributed by atoms with E-state index < -0.39 is 10.0 Å². The van der Waals surface area contributed by atoms with Gasteiger partial charge in [-0.15, -0.1) is 11.8 Å². The topological polar surface area (TPSA) is 93.4 Å². The van der Waals surface area contributed by atoms with E-state index in [2.05, 4.69) is 4.98 Å². The summed E-state index contributed by atoms with van der Waals surface area (Å²) < 4.78 is 26.8. The first-order valence-corrected chi connectivity index (χ1v) is 11.1. The Kier molecular flexibility index (Phi) is 6.13. The Morgan fingerprint density at radius 1 is 1.19 bits per heavy atom. The molecule has 0 bridgehead atoms. The van der Waals surface area contributed by atoms with Crippen molar-refractivity contribution in [2.75, 3.05) is 13.1 Å². The zero-order valence-electron chi connectivity index (χ0n) is 15.0. The Hall–Kier alpha value is -1.97. The van der Waals surface area contributed by atoms with Gasteiger partial charge in [0.05, 0.1) is 9.95 Å². The predicted octanol–water partition coefficient (Wildman–Crippen LogP) is 3.77. The number of thioether (sulfide) groups is 1. The second-order valence-corrected chi connectivity index (χ2v) is 9.34. The highest BCUT2D eigenvalue weighted by Crippen LogP contribution is 2.28. The molecule has 0 saturated carbocycles. The van der Waals surface area contributed by atoms with Crippen LogP contribution in [0.2, 0.25) is 0 Å². The van der Waals surface area contributed by atoms with Crippen molar-refractivity contribution in [2.45, 2.75) is 41.9 Å². The number of hydrogen-bond acceptors (Lipinski definition) is 6. The molecule has 7 nitrogen and oxygen atoms in total.